The molecule has 0 radical (unpaired) electrons. The van der Waals surface area contributed by atoms with Gasteiger partial charge in [-0.25, -0.2) is 4.39 Å². The molecule has 0 aliphatic carbocycles. The van der Waals surface area contributed by atoms with Crippen LogP contribution in [0.2, 0.25) is 0 Å². The highest BCUT2D eigenvalue weighted by Crippen LogP contribution is 2.20. The second-order valence-electron chi connectivity index (χ2n) is 5.96. The number of benzene rings is 2. The molecule has 3 aromatic rings. The molecule has 8 heteroatoms. The first-order valence-corrected chi connectivity index (χ1v) is 8.96. The van der Waals surface area contributed by atoms with Crippen molar-refractivity contribution in [3.8, 4) is 0 Å². The fourth-order valence-corrected chi connectivity index (χ4v) is 3.09. The van der Waals surface area contributed by atoms with Crippen molar-refractivity contribution in [2.45, 2.75) is 13.8 Å². The van der Waals surface area contributed by atoms with Gasteiger partial charge in [-0.15, -0.1) is 0 Å². The SMILES string of the molecule is CCN(CC)C(=O)c1ccc(NC(=O)c2cc(F)cc3[nH]c(=S)[nH]c23)cc1. The number of carbonyl (C=O) groups excluding carboxylic acids is 2. The molecule has 1 aromatic heterocycles. The molecule has 2 aromatic carbocycles. The Hall–Kier alpha value is -3.00. The number of halogens is 1. The second kappa shape index (κ2) is 7.71. The number of imidazole rings is 1. The minimum atomic E-state index is -0.543. The van der Waals surface area contributed by atoms with E-state index >= 15 is 0 Å². The van der Waals surface area contributed by atoms with Crippen molar-refractivity contribution in [3.63, 3.8) is 0 Å². The Bertz CT molecular complexity index is 1050. The Morgan fingerprint density at radius 3 is 2.41 bits per heavy atom. The predicted molar refractivity (Wildman–Crippen MR) is 105 cm³/mol. The Labute approximate surface area is 160 Å². The fourth-order valence-electron chi connectivity index (χ4n) is 2.87. The summed E-state index contributed by atoms with van der Waals surface area (Å²) in [6, 6.07) is 9.01. The van der Waals surface area contributed by atoms with Gasteiger partial charge in [-0.2, -0.15) is 0 Å². The number of amides is 2. The van der Waals surface area contributed by atoms with Crippen LogP contribution in [0.5, 0.6) is 0 Å². The number of anilines is 1. The maximum absolute atomic E-state index is 13.8. The van der Waals surface area contributed by atoms with Crippen LogP contribution >= 0.6 is 12.2 Å². The molecule has 0 unspecified atom stereocenters. The van der Waals surface area contributed by atoms with E-state index < -0.39 is 11.7 Å². The van der Waals surface area contributed by atoms with Crippen LogP contribution in [0.1, 0.15) is 34.6 Å². The molecule has 140 valence electrons. The average Bonchev–Trinajstić information content (AvgIpc) is 3.02. The van der Waals surface area contributed by atoms with Crippen LogP contribution < -0.4 is 5.32 Å². The molecule has 0 bridgehead atoms. The molecule has 0 aliphatic rings. The summed E-state index contributed by atoms with van der Waals surface area (Å²) in [7, 11) is 0. The van der Waals surface area contributed by atoms with E-state index in [4.69, 9.17) is 12.2 Å². The van der Waals surface area contributed by atoms with E-state index in [-0.39, 0.29) is 11.5 Å². The third-order valence-electron chi connectivity index (χ3n) is 4.27. The van der Waals surface area contributed by atoms with Crippen LogP contribution in [0.4, 0.5) is 10.1 Å². The smallest absolute Gasteiger partial charge is 0.257 e. The predicted octanol–water partition coefficient (Wildman–Crippen LogP) is 4.10. The number of carbonyl (C=O) groups is 2. The van der Waals surface area contributed by atoms with Crippen LogP contribution in [0.3, 0.4) is 0 Å². The van der Waals surface area contributed by atoms with Crippen molar-refractivity contribution in [2.24, 2.45) is 0 Å². The fraction of sp³-hybridized carbons (Fsp3) is 0.211. The zero-order chi connectivity index (χ0) is 19.6. The van der Waals surface area contributed by atoms with Crippen molar-refractivity contribution < 1.29 is 14.0 Å². The summed E-state index contributed by atoms with van der Waals surface area (Å²) in [6.07, 6.45) is 0. The summed E-state index contributed by atoms with van der Waals surface area (Å²) >= 11 is 5.01. The highest BCUT2D eigenvalue weighted by Gasteiger charge is 2.15. The van der Waals surface area contributed by atoms with Crippen molar-refractivity contribution >= 4 is 40.8 Å². The molecule has 3 N–H and O–H groups in total. The lowest BCUT2D eigenvalue weighted by Gasteiger charge is -2.18. The van der Waals surface area contributed by atoms with Crippen molar-refractivity contribution in [1.29, 1.82) is 0 Å². The maximum Gasteiger partial charge on any atom is 0.257 e. The number of H-pyrrole nitrogens is 2. The molecule has 3 rings (SSSR count). The summed E-state index contributed by atoms with van der Waals surface area (Å²) in [5, 5.41) is 2.71. The first-order valence-electron chi connectivity index (χ1n) is 8.55. The van der Waals surface area contributed by atoms with Gasteiger partial charge in [0.15, 0.2) is 4.77 Å². The normalized spacial score (nSPS) is 10.8. The minimum absolute atomic E-state index is 0.0652. The highest BCUT2D eigenvalue weighted by molar-refractivity contribution is 7.71. The van der Waals surface area contributed by atoms with E-state index in [9.17, 15) is 14.0 Å². The lowest BCUT2D eigenvalue weighted by molar-refractivity contribution is 0.0773. The van der Waals surface area contributed by atoms with Crippen LogP contribution in [0, 0.1) is 10.6 Å². The van der Waals surface area contributed by atoms with Crippen molar-refractivity contribution in [1.82, 2.24) is 14.9 Å². The summed E-state index contributed by atoms with van der Waals surface area (Å²) in [5.41, 5.74) is 2.04. The lowest BCUT2D eigenvalue weighted by Crippen LogP contribution is -2.30. The van der Waals surface area contributed by atoms with Gasteiger partial charge in [-0.3, -0.25) is 9.59 Å². The molecule has 2 amide bonds. The quantitative estimate of drug-likeness (QED) is 0.578. The first kappa shape index (κ1) is 18.8. The molecule has 27 heavy (non-hydrogen) atoms. The van der Waals surface area contributed by atoms with Crippen LogP contribution in [0.25, 0.3) is 11.0 Å². The first-order chi connectivity index (χ1) is 12.9. The van der Waals surface area contributed by atoms with E-state index in [1.165, 1.54) is 6.07 Å². The van der Waals surface area contributed by atoms with Crippen molar-refractivity contribution in [3.05, 3.63) is 58.1 Å². The lowest BCUT2D eigenvalue weighted by atomic mass is 10.1. The van der Waals surface area contributed by atoms with Gasteiger partial charge in [0.1, 0.15) is 5.82 Å². The van der Waals surface area contributed by atoms with E-state index in [2.05, 4.69) is 15.3 Å². The summed E-state index contributed by atoms with van der Waals surface area (Å²) in [6.45, 7) is 5.09. The van der Waals surface area contributed by atoms with Crippen molar-refractivity contribution in [2.75, 3.05) is 18.4 Å². The van der Waals surface area contributed by atoms with Gasteiger partial charge in [0, 0.05) is 24.3 Å². The van der Waals surface area contributed by atoms with Gasteiger partial charge in [0.05, 0.1) is 16.6 Å². The van der Waals surface area contributed by atoms with Crippen LogP contribution in [0.15, 0.2) is 36.4 Å². The largest absolute Gasteiger partial charge is 0.339 e. The number of aromatic amines is 2. The average molecular weight is 386 g/mol. The third-order valence-corrected chi connectivity index (χ3v) is 4.48. The molecular weight excluding hydrogens is 367 g/mol. The van der Waals surface area contributed by atoms with Gasteiger partial charge in [0.2, 0.25) is 0 Å². The summed E-state index contributed by atoms with van der Waals surface area (Å²) < 4.78 is 14.1. The number of nitrogens with zero attached hydrogens (tertiary/aromatic N) is 1. The highest BCUT2D eigenvalue weighted by atomic mass is 32.1. The topological polar surface area (TPSA) is 81.0 Å². The Balaban J connectivity index is 1.83. The molecule has 0 saturated carbocycles. The van der Waals surface area contributed by atoms with Gasteiger partial charge < -0.3 is 20.2 Å². The van der Waals surface area contributed by atoms with E-state index in [1.54, 1.807) is 29.2 Å². The van der Waals surface area contributed by atoms with Crippen LogP contribution in [-0.2, 0) is 0 Å². The molecule has 0 fully saturated rings. The van der Waals surface area contributed by atoms with E-state index in [0.29, 0.717) is 40.1 Å². The van der Waals surface area contributed by atoms with E-state index in [1.807, 2.05) is 13.8 Å². The number of aromatic nitrogens is 2. The van der Waals surface area contributed by atoms with Gasteiger partial charge >= 0.3 is 0 Å². The van der Waals surface area contributed by atoms with Gasteiger partial charge in [0.25, 0.3) is 11.8 Å². The van der Waals surface area contributed by atoms with E-state index in [0.717, 1.165) is 6.07 Å². The molecular formula is C19H19FN4O2S. The minimum Gasteiger partial charge on any atom is -0.339 e. The standard InChI is InChI=1S/C19H19FN4O2S/c1-3-24(4-2)18(26)11-5-7-13(8-6-11)21-17(25)14-9-12(20)10-15-16(14)23-19(27)22-15/h5-10H,3-4H2,1-2H3,(H,21,25)(H2,22,23,27). The number of hydrogen-bond acceptors (Lipinski definition) is 3. The van der Waals surface area contributed by atoms with Crippen LogP contribution in [-0.4, -0.2) is 39.8 Å². The number of nitrogens with one attached hydrogen (secondary N) is 3. The number of hydrogen-bond donors (Lipinski definition) is 3. The molecule has 0 aliphatic heterocycles. The van der Waals surface area contributed by atoms with Gasteiger partial charge in [-0.05, 0) is 62.5 Å². The second-order valence-corrected chi connectivity index (χ2v) is 6.37. The summed E-state index contributed by atoms with van der Waals surface area (Å²) in [4.78, 5) is 32.3. The molecule has 0 atom stereocenters. The zero-order valence-electron chi connectivity index (χ0n) is 14.9. The molecule has 6 nitrogen and oxygen atoms in total. The Morgan fingerprint density at radius 1 is 1.11 bits per heavy atom. The number of rotatable bonds is 5. The Kier molecular flexibility index (Phi) is 5.36. The molecule has 0 saturated heterocycles. The zero-order valence-corrected chi connectivity index (χ0v) is 15.7. The maximum atomic E-state index is 13.8. The number of fused-ring (bicyclic) bond motifs is 1. The summed E-state index contributed by atoms with van der Waals surface area (Å²) in [5.74, 6) is -1.09. The van der Waals surface area contributed by atoms with Gasteiger partial charge in [-0.1, -0.05) is 0 Å². The molecule has 1 heterocycles. The molecule has 0 spiro atoms. The Morgan fingerprint density at radius 2 is 1.78 bits per heavy atom. The third kappa shape index (κ3) is 3.90. The monoisotopic (exact) mass is 386 g/mol.